The lowest BCUT2D eigenvalue weighted by molar-refractivity contribution is 0.483. The second-order valence-corrected chi connectivity index (χ2v) is 7.35. The number of hydrogen-bond acceptors (Lipinski definition) is 7. The van der Waals surface area contributed by atoms with Crippen molar-refractivity contribution < 1.29 is 4.74 Å². The SMILES string of the molecule is Cn1c(NC2CC2)ncc(-c2ccc3cc(Oc4ccnc(N)c4)ccc3n2)c1=O. The molecule has 0 aliphatic heterocycles. The van der Waals surface area contributed by atoms with Gasteiger partial charge in [0.2, 0.25) is 5.95 Å². The van der Waals surface area contributed by atoms with Crippen molar-refractivity contribution in [2.24, 2.45) is 7.05 Å². The molecule has 3 heterocycles. The van der Waals surface area contributed by atoms with E-state index in [2.05, 4.69) is 20.3 Å². The first kappa shape index (κ1) is 18.1. The molecule has 0 unspecified atom stereocenters. The molecule has 150 valence electrons. The Labute approximate surface area is 172 Å². The first-order valence-electron chi connectivity index (χ1n) is 9.70. The fourth-order valence-electron chi connectivity index (χ4n) is 3.21. The van der Waals surface area contributed by atoms with Crippen molar-refractivity contribution >= 4 is 22.7 Å². The number of anilines is 2. The van der Waals surface area contributed by atoms with Crippen molar-refractivity contribution in [1.29, 1.82) is 0 Å². The fraction of sp³-hybridized carbons (Fsp3) is 0.182. The van der Waals surface area contributed by atoms with E-state index in [4.69, 9.17) is 10.5 Å². The van der Waals surface area contributed by atoms with Crippen LogP contribution in [0.2, 0.25) is 0 Å². The molecule has 8 heteroatoms. The molecule has 1 saturated carbocycles. The van der Waals surface area contributed by atoms with E-state index in [-0.39, 0.29) is 5.56 Å². The minimum atomic E-state index is -0.129. The number of nitrogens with zero attached hydrogens (tertiary/aromatic N) is 4. The average Bonchev–Trinajstić information content (AvgIpc) is 3.55. The van der Waals surface area contributed by atoms with Crippen molar-refractivity contribution in [3.05, 3.63) is 65.2 Å². The van der Waals surface area contributed by atoms with Gasteiger partial charge >= 0.3 is 0 Å². The molecular formula is C22H20N6O2. The van der Waals surface area contributed by atoms with Crippen LogP contribution in [0, 0.1) is 0 Å². The minimum Gasteiger partial charge on any atom is -0.457 e. The van der Waals surface area contributed by atoms with Gasteiger partial charge in [-0.2, -0.15) is 0 Å². The summed E-state index contributed by atoms with van der Waals surface area (Å²) in [5, 5.41) is 4.17. The maximum absolute atomic E-state index is 12.8. The van der Waals surface area contributed by atoms with E-state index in [9.17, 15) is 4.79 Å². The van der Waals surface area contributed by atoms with Gasteiger partial charge < -0.3 is 15.8 Å². The standard InChI is InChI=1S/C22H20N6O2/c1-28-21(29)17(12-25-22(28)26-14-3-4-14)19-6-2-13-10-15(5-7-18(13)27-19)30-16-8-9-24-20(23)11-16/h2,5-12,14H,3-4H2,1H3,(H2,23,24)(H,25,26). The van der Waals surface area contributed by atoms with Crippen molar-refractivity contribution in [3.8, 4) is 22.8 Å². The van der Waals surface area contributed by atoms with Crippen LogP contribution in [-0.2, 0) is 7.05 Å². The molecule has 3 aromatic heterocycles. The Morgan fingerprint density at radius 2 is 1.93 bits per heavy atom. The maximum atomic E-state index is 12.8. The Kier molecular flexibility index (Phi) is 4.31. The van der Waals surface area contributed by atoms with E-state index in [1.807, 2.05) is 30.3 Å². The van der Waals surface area contributed by atoms with Crippen LogP contribution in [0.5, 0.6) is 11.5 Å². The summed E-state index contributed by atoms with van der Waals surface area (Å²) in [6, 6.07) is 13.1. The van der Waals surface area contributed by atoms with Crippen LogP contribution in [0.15, 0.2) is 59.7 Å². The first-order chi connectivity index (χ1) is 14.6. The van der Waals surface area contributed by atoms with E-state index < -0.39 is 0 Å². The summed E-state index contributed by atoms with van der Waals surface area (Å²) in [6.45, 7) is 0. The topological polar surface area (TPSA) is 108 Å². The fourth-order valence-corrected chi connectivity index (χ4v) is 3.21. The Morgan fingerprint density at radius 3 is 2.73 bits per heavy atom. The molecule has 1 fully saturated rings. The third kappa shape index (κ3) is 3.55. The molecule has 0 bridgehead atoms. The smallest absolute Gasteiger partial charge is 0.264 e. The third-order valence-corrected chi connectivity index (χ3v) is 5.00. The number of ether oxygens (including phenoxy) is 1. The van der Waals surface area contributed by atoms with Gasteiger partial charge in [0.25, 0.3) is 5.56 Å². The number of rotatable bonds is 5. The highest BCUT2D eigenvalue weighted by molar-refractivity contribution is 5.82. The largest absolute Gasteiger partial charge is 0.457 e. The second-order valence-electron chi connectivity index (χ2n) is 7.35. The Bertz CT molecular complexity index is 1310. The molecule has 5 rings (SSSR count). The van der Waals surface area contributed by atoms with Crippen molar-refractivity contribution in [2.75, 3.05) is 11.1 Å². The lowest BCUT2D eigenvalue weighted by Crippen LogP contribution is -2.24. The summed E-state index contributed by atoms with van der Waals surface area (Å²) >= 11 is 0. The van der Waals surface area contributed by atoms with Crippen LogP contribution in [-0.4, -0.2) is 25.6 Å². The zero-order valence-electron chi connectivity index (χ0n) is 16.4. The summed E-state index contributed by atoms with van der Waals surface area (Å²) in [5.74, 6) is 2.26. The van der Waals surface area contributed by atoms with Crippen molar-refractivity contribution in [3.63, 3.8) is 0 Å². The van der Waals surface area contributed by atoms with Gasteiger partial charge in [0.1, 0.15) is 17.3 Å². The molecule has 0 atom stereocenters. The van der Waals surface area contributed by atoms with Gasteiger partial charge in [-0.25, -0.2) is 15.0 Å². The maximum Gasteiger partial charge on any atom is 0.264 e. The molecule has 30 heavy (non-hydrogen) atoms. The van der Waals surface area contributed by atoms with Crippen LogP contribution in [0.4, 0.5) is 11.8 Å². The normalized spacial score (nSPS) is 13.4. The molecule has 1 aliphatic rings. The number of nitrogens with one attached hydrogen (secondary N) is 1. The number of pyridine rings is 2. The second kappa shape index (κ2) is 7.14. The monoisotopic (exact) mass is 400 g/mol. The summed E-state index contributed by atoms with van der Waals surface area (Å²) in [6.07, 6.45) is 5.42. The molecule has 0 saturated heterocycles. The van der Waals surface area contributed by atoms with E-state index in [0.29, 0.717) is 40.6 Å². The van der Waals surface area contributed by atoms with E-state index >= 15 is 0 Å². The van der Waals surface area contributed by atoms with Crippen LogP contribution < -0.4 is 21.3 Å². The number of aromatic nitrogens is 4. The third-order valence-electron chi connectivity index (χ3n) is 5.00. The molecule has 4 aromatic rings. The Balaban J connectivity index is 1.45. The summed E-state index contributed by atoms with van der Waals surface area (Å²) in [5.41, 5.74) is 7.38. The zero-order chi connectivity index (χ0) is 20.7. The van der Waals surface area contributed by atoms with Gasteiger partial charge in [0.05, 0.1) is 16.8 Å². The summed E-state index contributed by atoms with van der Waals surface area (Å²) in [4.78, 5) is 25.9. The highest BCUT2D eigenvalue weighted by Crippen LogP contribution is 2.27. The zero-order valence-corrected chi connectivity index (χ0v) is 16.4. The molecule has 1 aliphatic carbocycles. The number of nitrogen functional groups attached to an aromatic ring is 1. The molecule has 0 spiro atoms. The van der Waals surface area contributed by atoms with Crippen LogP contribution in [0.25, 0.3) is 22.2 Å². The van der Waals surface area contributed by atoms with E-state index in [1.54, 1.807) is 31.6 Å². The first-order valence-corrected chi connectivity index (χ1v) is 9.70. The number of nitrogens with two attached hydrogens (primary N) is 1. The summed E-state index contributed by atoms with van der Waals surface area (Å²) < 4.78 is 7.39. The predicted octanol–water partition coefficient (Wildman–Crippen LogP) is 3.34. The van der Waals surface area contributed by atoms with E-state index in [0.717, 1.165) is 23.7 Å². The van der Waals surface area contributed by atoms with Gasteiger partial charge in [-0.1, -0.05) is 6.07 Å². The minimum absolute atomic E-state index is 0.129. The molecule has 1 aromatic carbocycles. The molecular weight excluding hydrogens is 380 g/mol. The lowest BCUT2D eigenvalue weighted by atomic mass is 10.1. The molecule has 0 amide bonds. The van der Waals surface area contributed by atoms with Crippen LogP contribution in [0.1, 0.15) is 12.8 Å². The Hall–Kier alpha value is -3.94. The predicted molar refractivity (Wildman–Crippen MR) is 116 cm³/mol. The molecule has 0 radical (unpaired) electrons. The van der Waals surface area contributed by atoms with Gasteiger partial charge in [-0.3, -0.25) is 9.36 Å². The number of benzene rings is 1. The number of fused-ring (bicyclic) bond motifs is 1. The van der Waals surface area contributed by atoms with Gasteiger partial charge in [-0.15, -0.1) is 0 Å². The average molecular weight is 400 g/mol. The van der Waals surface area contributed by atoms with Crippen LogP contribution in [0.3, 0.4) is 0 Å². The quantitative estimate of drug-likeness (QED) is 0.529. The highest BCUT2D eigenvalue weighted by atomic mass is 16.5. The highest BCUT2D eigenvalue weighted by Gasteiger charge is 2.23. The number of hydrogen-bond donors (Lipinski definition) is 2. The Morgan fingerprint density at radius 1 is 1.10 bits per heavy atom. The lowest BCUT2D eigenvalue weighted by Gasteiger charge is -2.11. The van der Waals surface area contributed by atoms with Crippen LogP contribution >= 0.6 is 0 Å². The van der Waals surface area contributed by atoms with Gasteiger partial charge in [-0.05, 0) is 43.2 Å². The van der Waals surface area contributed by atoms with Gasteiger partial charge in [0, 0.05) is 36.9 Å². The van der Waals surface area contributed by atoms with Crippen molar-refractivity contribution in [2.45, 2.75) is 18.9 Å². The van der Waals surface area contributed by atoms with Gasteiger partial charge in [0.15, 0.2) is 0 Å². The molecule has 3 N–H and O–H groups in total. The molecule has 8 nitrogen and oxygen atoms in total. The van der Waals surface area contributed by atoms with Crippen molar-refractivity contribution in [1.82, 2.24) is 19.5 Å². The summed E-state index contributed by atoms with van der Waals surface area (Å²) in [7, 11) is 1.72. The van der Waals surface area contributed by atoms with E-state index in [1.165, 1.54) is 4.57 Å².